The summed E-state index contributed by atoms with van der Waals surface area (Å²) in [6.07, 6.45) is 3.50. The highest BCUT2D eigenvalue weighted by Gasteiger charge is 2.54. The van der Waals surface area contributed by atoms with Gasteiger partial charge in [-0.1, -0.05) is 12.2 Å². The number of esters is 1. The second kappa shape index (κ2) is 3.47. The van der Waals surface area contributed by atoms with E-state index in [4.69, 9.17) is 4.74 Å². The van der Waals surface area contributed by atoms with E-state index in [2.05, 4.69) is 6.58 Å². The van der Waals surface area contributed by atoms with Crippen LogP contribution in [-0.2, 0) is 14.3 Å². The lowest BCUT2D eigenvalue weighted by atomic mass is 9.80. The maximum absolute atomic E-state index is 12.0. The number of hydrogen-bond donors (Lipinski definition) is 0. The third kappa shape index (κ3) is 1.41. The molecule has 0 aromatic heterocycles. The normalized spacial score (nSPS) is 35.1. The first-order chi connectivity index (χ1) is 7.10. The fraction of sp³-hybridized carbons (Fsp3) is 0.667. The number of ketones is 1. The first-order valence-corrected chi connectivity index (χ1v) is 5.39. The Kier molecular flexibility index (Phi) is 2.41. The summed E-state index contributed by atoms with van der Waals surface area (Å²) in [7, 11) is 1.35. The van der Waals surface area contributed by atoms with Crippen molar-refractivity contribution in [3.05, 3.63) is 12.2 Å². The minimum atomic E-state index is -0.882. The van der Waals surface area contributed by atoms with Gasteiger partial charge in [-0.2, -0.15) is 0 Å². The molecule has 3 nitrogen and oxygen atoms in total. The minimum absolute atomic E-state index is 0.0514. The number of rotatable bonds is 1. The highest BCUT2D eigenvalue weighted by atomic mass is 16.5. The molecule has 2 bridgehead atoms. The summed E-state index contributed by atoms with van der Waals surface area (Å²) < 4.78 is 4.78. The second-order valence-electron chi connectivity index (χ2n) is 4.63. The van der Waals surface area contributed by atoms with Gasteiger partial charge in [0.15, 0.2) is 5.78 Å². The van der Waals surface area contributed by atoms with E-state index in [1.807, 2.05) is 0 Å². The van der Waals surface area contributed by atoms with Gasteiger partial charge in [0.2, 0.25) is 0 Å². The van der Waals surface area contributed by atoms with Crippen molar-refractivity contribution in [1.82, 2.24) is 0 Å². The molecular formula is C12H16O3. The first-order valence-electron chi connectivity index (χ1n) is 5.39. The summed E-state index contributed by atoms with van der Waals surface area (Å²) in [5, 5.41) is 0. The highest BCUT2D eigenvalue weighted by molar-refractivity contribution is 6.04. The molecule has 0 aromatic rings. The van der Waals surface area contributed by atoms with Crippen LogP contribution in [0.5, 0.6) is 0 Å². The number of fused-ring (bicyclic) bond motifs is 2. The number of hydrogen-bond acceptors (Lipinski definition) is 3. The molecule has 2 atom stereocenters. The molecule has 0 heterocycles. The van der Waals surface area contributed by atoms with E-state index in [1.165, 1.54) is 7.11 Å². The Morgan fingerprint density at radius 3 is 3.00 bits per heavy atom. The number of allylic oxidation sites excluding steroid dienone is 1. The molecule has 82 valence electrons. The number of carbonyl (C=O) groups is 2. The Bertz CT molecular complexity index is 332. The summed E-state index contributed by atoms with van der Waals surface area (Å²) in [5.74, 6) is 0.0316. The summed E-state index contributed by atoms with van der Waals surface area (Å²) in [4.78, 5) is 23.8. The van der Waals surface area contributed by atoms with Gasteiger partial charge in [0.1, 0.15) is 5.41 Å². The third-order valence-corrected chi connectivity index (χ3v) is 3.77. The van der Waals surface area contributed by atoms with E-state index >= 15 is 0 Å². The quantitative estimate of drug-likeness (QED) is 0.375. The molecule has 2 rings (SSSR count). The Balaban J connectivity index is 2.38. The van der Waals surface area contributed by atoms with E-state index in [1.54, 1.807) is 0 Å². The van der Waals surface area contributed by atoms with E-state index < -0.39 is 5.41 Å². The van der Waals surface area contributed by atoms with Gasteiger partial charge in [-0.25, -0.2) is 0 Å². The van der Waals surface area contributed by atoms with Crippen molar-refractivity contribution in [2.24, 2.45) is 11.3 Å². The zero-order valence-corrected chi connectivity index (χ0v) is 9.04. The Hall–Kier alpha value is -1.12. The van der Waals surface area contributed by atoms with E-state index in [-0.39, 0.29) is 11.8 Å². The van der Waals surface area contributed by atoms with Gasteiger partial charge in [0.25, 0.3) is 0 Å². The van der Waals surface area contributed by atoms with Crippen LogP contribution in [0.3, 0.4) is 0 Å². The van der Waals surface area contributed by atoms with Gasteiger partial charge < -0.3 is 4.74 Å². The van der Waals surface area contributed by atoms with Crippen molar-refractivity contribution in [3.63, 3.8) is 0 Å². The average Bonchev–Trinajstić information content (AvgIpc) is 2.46. The lowest BCUT2D eigenvalue weighted by molar-refractivity contribution is -0.157. The summed E-state index contributed by atoms with van der Waals surface area (Å²) in [5.41, 5.74) is 0.168. The predicted octanol–water partition coefficient (Wildman–Crippen LogP) is 1.86. The van der Waals surface area contributed by atoms with Gasteiger partial charge >= 0.3 is 5.97 Å². The van der Waals surface area contributed by atoms with Crippen molar-refractivity contribution >= 4 is 11.8 Å². The van der Waals surface area contributed by atoms with E-state index in [0.717, 1.165) is 18.4 Å². The van der Waals surface area contributed by atoms with Crippen LogP contribution in [0.4, 0.5) is 0 Å². The number of methoxy groups -OCH3 is 1. The van der Waals surface area contributed by atoms with Crippen molar-refractivity contribution in [3.8, 4) is 0 Å². The van der Waals surface area contributed by atoms with Crippen LogP contribution in [0.1, 0.15) is 32.1 Å². The molecule has 2 fully saturated rings. The molecule has 0 aromatic carbocycles. The predicted molar refractivity (Wildman–Crippen MR) is 55.2 cm³/mol. The van der Waals surface area contributed by atoms with Gasteiger partial charge in [0.05, 0.1) is 7.11 Å². The largest absolute Gasteiger partial charge is 0.468 e. The van der Waals surface area contributed by atoms with Crippen LogP contribution in [0.25, 0.3) is 0 Å². The lowest BCUT2D eigenvalue weighted by Crippen LogP contribution is -2.37. The first kappa shape index (κ1) is 10.4. The van der Waals surface area contributed by atoms with Gasteiger partial charge in [-0.05, 0) is 31.6 Å². The molecule has 0 N–H and O–H groups in total. The van der Waals surface area contributed by atoms with Crippen LogP contribution in [0.15, 0.2) is 12.2 Å². The van der Waals surface area contributed by atoms with Crippen LogP contribution in [0.2, 0.25) is 0 Å². The second-order valence-corrected chi connectivity index (χ2v) is 4.63. The molecule has 0 spiro atoms. The summed E-state index contributed by atoms with van der Waals surface area (Å²) in [6.45, 7) is 3.97. The number of ether oxygens (including phenoxy) is 1. The van der Waals surface area contributed by atoms with Crippen LogP contribution in [0, 0.1) is 11.3 Å². The maximum atomic E-state index is 12.0. The molecule has 2 aliphatic carbocycles. The average molecular weight is 208 g/mol. The SMILES string of the molecule is C=C1CC2(C(=O)OC)CC1CCCC2=O. The van der Waals surface area contributed by atoms with Gasteiger partial charge in [-0.3, -0.25) is 9.59 Å². The van der Waals surface area contributed by atoms with Crippen molar-refractivity contribution in [2.75, 3.05) is 7.11 Å². The van der Waals surface area contributed by atoms with Gasteiger partial charge in [-0.15, -0.1) is 0 Å². The fourth-order valence-corrected chi connectivity index (χ4v) is 2.90. The molecular weight excluding hydrogens is 192 g/mol. The molecule has 3 heteroatoms. The molecule has 0 radical (unpaired) electrons. The topological polar surface area (TPSA) is 43.4 Å². The Morgan fingerprint density at radius 1 is 1.60 bits per heavy atom. The standard InChI is InChI=1S/C12H16O3/c1-8-6-12(11(14)15-2)7-9(8)4-3-5-10(12)13/h9H,1,3-7H2,2H3. The van der Waals surface area contributed by atoms with Crippen molar-refractivity contribution in [2.45, 2.75) is 32.1 Å². The Morgan fingerprint density at radius 2 is 2.33 bits per heavy atom. The molecule has 0 aliphatic heterocycles. The fourth-order valence-electron chi connectivity index (χ4n) is 2.90. The van der Waals surface area contributed by atoms with Crippen molar-refractivity contribution in [1.29, 1.82) is 0 Å². The molecule has 2 unspecified atom stereocenters. The van der Waals surface area contributed by atoms with Gasteiger partial charge in [0, 0.05) is 6.42 Å². The Labute approximate surface area is 89.5 Å². The van der Waals surface area contributed by atoms with Crippen LogP contribution >= 0.6 is 0 Å². The van der Waals surface area contributed by atoms with Crippen molar-refractivity contribution < 1.29 is 14.3 Å². The molecule has 2 saturated carbocycles. The smallest absolute Gasteiger partial charge is 0.319 e. The maximum Gasteiger partial charge on any atom is 0.319 e. The van der Waals surface area contributed by atoms with E-state index in [9.17, 15) is 9.59 Å². The molecule has 15 heavy (non-hydrogen) atoms. The molecule has 2 aliphatic rings. The van der Waals surface area contributed by atoms with E-state index in [0.29, 0.717) is 25.2 Å². The minimum Gasteiger partial charge on any atom is -0.468 e. The number of carbonyl (C=O) groups excluding carboxylic acids is 2. The van der Waals surface area contributed by atoms with Crippen LogP contribution < -0.4 is 0 Å². The lowest BCUT2D eigenvalue weighted by Gasteiger charge is -2.23. The monoisotopic (exact) mass is 208 g/mol. The number of Topliss-reactive ketones (excluding diaryl/α,β-unsaturated/α-hetero) is 1. The third-order valence-electron chi connectivity index (χ3n) is 3.77. The zero-order valence-electron chi connectivity index (χ0n) is 9.04. The molecule has 0 amide bonds. The zero-order chi connectivity index (χ0) is 11.1. The summed E-state index contributed by atoms with van der Waals surface area (Å²) in [6, 6.07) is 0. The summed E-state index contributed by atoms with van der Waals surface area (Å²) >= 11 is 0. The molecule has 0 saturated heterocycles. The van der Waals surface area contributed by atoms with Crippen LogP contribution in [-0.4, -0.2) is 18.9 Å². The highest BCUT2D eigenvalue weighted by Crippen LogP contribution is 2.50.